The Morgan fingerprint density at radius 2 is 1.53 bits per heavy atom. The lowest BCUT2D eigenvalue weighted by molar-refractivity contribution is 0.0605. The van der Waals surface area contributed by atoms with Gasteiger partial charge in [-0.1, -0.05) is 60.1 Å². The lowest BCUT2D eigenvalue weighted by Gasteiger charge is -2.27. The maximum atomic E-state index is 14.6. The van der Waals surface area contributed by atoms with E-state index in [2.05, 4.69) is 9.97 Å². The monoisotopic (exact) mass is 473 g/mol. The van der Waals surface area contributed by atoms with Gasteiger partial charge in [-0.15, -0.1) is 0 Å². The molecule has 0 N–H and O–H groups in total. The molecule has 0 fully saturated rings. The average molecular weight is 474 g/mol. The van der Waals surface area contributed by atoms with E-state index in [0.29, 0.717) is 5.56 Å². The molecule has 0 bridgehead atoms. The van der Waals surface area contributed by atoms with Gasteiger partial charge >= 0.3 is 0 Å². The molecular weight excluding hydrogens is 457 g/mol. The number of aromatic nitrogens is 2. The lowest BCUT2D eigenvalue weighted by atomic mass is 10.0. The molecule has 8 heteroatoms. The minimum Gasteiger partial charge on any atom is -0.486 e. The summed E-state index contributed by atoms with van der Waals surface area (Å²) in [5.41, 5.74) is 2.02. The standard InChI is InChI=1S/C26H17ClFN3O3/c27-24-22(29-12-13-30-24)23(31-25(32)18-8-4-5-9-19(18)26(31)33)17-10-11-20(28)21(14-17)34-15-16-6-2-1-3-7-16/h1-14,23H,15H2. The molecule has 1 aromatic heterocycles. The second-order valence-electron chi connectivity index (χ2n) is 7.62. The zero-order valence-corrected chi connectivity index (χ0v) is 18.4. The van der Waals surface area contributed by atoms with Gasteiger partial charge in [0.05, 0.1) is 11.1 Å². The van der Waals surface area contributed by atoms with Gasteiger partial charge in [-0.2, -0.15) is 0 Å². The summed E-state index contributed by atoms with van der Waals surface area (Å²) in [6, 6.07) is 19.0. The van der Waals surface area contributed by atoms with Gasteiger partial charge in [-0.3, -0.25) is 19.5 Å². The van der Waals surface area contributed by atoms with E-state index in [1.165, 1.54) is 30.6 Å². The van der Waals surface area contributed by atoms with Gasteiger partial charge in [-0.25, -0.2) is 9.37 Å². The van der Waals surface area contributed by atoms with Crippen molar-refractivity contribution in [3.8, 4) is 5.75 Å². The second-order valence-corrected chi connectivity index (χ2v) is 7.98. The highest BCUT2D eigenvalue weighted by molar-refractivity contribution is 6.30. The van der Waals surface area contributed by atoms with Crippen LogP contribution in [0.1, 0.15) is 43.6 Å². The minimum atomic E-state index is -1.03. The number of nitrogens with zero attached hydrogens (tertiary/aromatic N) is 3. The van der Waals surface area contributed by atoms with Crippen LogP contribution in [-0.2, 0) is 6.61 Å². The third kappa shape index (κ3) is 3.91. The number of rotatable bonds is 6. The number of hydrogen-bond donors (Lipinski definition) is 0. The van der Waals surface area contributed by atoms with Crippen molar-refractivity contribution in [2.75, 3.05) is 0 Å². The quantitative estimate of drug-likeness (QED) is 0.358. The summed E-state index contributed by atoms with van der Waals surface area (Å²) < 4.78 is 20.4. The summed E-state index contributed by atoms with van der Waals surface area (Å²) in [5.74, 6) is -1.60. The lowest BCUT2D eigenvalue weighted by Crippen LogP contribution is -2.35. The van der Waals surface area contributed by atoms with Gasteiger partial charge in [0, 0.05) is 12.4 Å². The van der Waals surface area contributed by atoms with Gasteiger partial charge in [0.15, 0.2) is 16.7 Å². The molecule has 34 heavy (non-hydrogen) atoms. The smallest absolute Gasteiger partial charge is 0.262 e. The topological polar surface area (TPSA) is 72.4 Å². The number of benzene rings is 3. The summed E-state index contributed by atoms with van der Waals surface area (Å²) in [6.45, 7) is 0.144. The molecule has 1 unspecified atom stereocenters. The first-order valence-corrected chi connectivity index (χ1v) is 10.8. The zero-order valence-electron chi connectivity index (χ0n) is 17.7. The van der Waals surface area contributed by atoms with Gasteiger partial charge in [0.25, 0.3) is 11.8 Å². The van der Waals surface area contributed by atoms with Gasteiger partial charge in [-0.05, 0) is 35.4 Å². The Bertz CT molecular complexity index is 1360. The third-order valence-corrected chi connectivity index (χ3v) is 5.82. The largest absolute Gasteiger partial charge is 0.486 e. The molecule has 3 aromatic carbocycles. The molecule has 4 aromatic rings. The fourth-order valence-corrected chi connectivity index (χ4v) is 4.13. The first-order chi connectivity index (χ1) is 16.5. The Kier molecular flexibility index (Phi) is 5.77. The predicted octanol–water partition coefficient (Wildman–Crippen LogP) is 5.23. The van der Waals surface area contributed by atoms with Crippen LogP contribution < -0.4 is 4.74 Å². The van der Waals surface area contributed by atoms with Crippen LogP contribution in [0.5, 0.6) is 5.75 Å². The second kappa shape index (κ2) is 9.03. The summed E-state index contributed by atoms with van der Waals surface area (Å²) in [4.78, 5) is 36.0. The highest BCUT2D eigenvalue weighted by Crippen LogP contribution is 2.38. The number of imide groups is 1. The number of amides is 2. The Balaban J connectivity index is 1.58. The first kappa shape index (κ1) is 21.7. The van der Waals surface area contributed by atoms with Crippen LogP contribution in [-0.4, -0.2) is 26.7 Å². The molecule has 0 radical (unpaired) electrons. The van der Waals surface area contributed by atoms with Crippen molar-refractivity contribution in [3.05, 3.63) is 124 Å². The van der Waals surface area contributed by atoms with E-state index in [1.54, 1.807) is 24.3 Å². The highest BCUT2D eigenvalue weighted by Gasteiger charge is 2.42. The predicted molar refractivity (Wildman–Crippen MR) is 123 cm³/mol. The molecule has 168 valence electrons. The van der Waals surface area contributed by atoms with Crippen LogP contribution in [0.25, 0.3) is 0 Å². The Morgan fingerprint density at radius 3 is 2.21 bits per heavy atom. The number of ether oxygens (including phenoxy) is 1. The normalized spacial score (nSPS) is 13.6. The van der Waals surface area contributed by atoms with E-state index in [4.69, 9.17) is 16.3 Å². The molecule has 0 spiro atoms. The first-order valence-electron chi connectivity index (χ1n) is 10.4. The molecule has 1 aliphatic heterocycles. The maximum Gasteiger partial charge on any atom is 0.262 e. The molecule has 0 saturated heterocycles. The minimum absolute atomic E-state index is 0.0250. The molecule has 5 rings (SSSR count). The van der Waals surface area contributed by atoms with Gasteiger partial charge in [0.1, 0.15) is 18.3 Å². The average Bonchev–Trinajstić information content (AvgIpc) is 3.11. The van der Waals surface area contributed by atoms with Crippen molar-refractivity contribution in [1.29, 1.82) is 0 Å². The Labute approximate surface area is 199 Å². The van der Waals surface area contributed by atoms with Crippen LogP contribution in [0.15, 0.2) is 85.2 Å². The molecule has 1 aliphatic rings. The highest BCUT2D eigenvalue weighted by atomic mass is 35.5. The van der Waals surface area contributed by atoms with Crippen LogP contribution in [0.4, 0.5) is 4.39 Å². The number of carbonyl (C=O) groups is 2. The Morgan fingerprint density at radius 1 is 0.882 bits per heavy atom. The summed E-state index contributed by atoms with van der Waals surface area (Å²) in [7, 11) is 0. The number of fused-ring (bicyclic) bond motifs is 1. The molecule has 0 aliphatic carbocycles. The number of hydrogen-bond acceptors (Lipinski definition) is 5. The molecule has 6 nitrogen and oxygen atoms in total. The van der Waals surface area contributed by atoms with Crippen molar-refractivity contribution in [3.63, 3.8) is 0 Å². The van der Waals surface area contributed by atoms with Crippen molar-refractivity contribution in [1.82, 2.24) is 14.9 Å². The molecule has 2 amide bonds. The molecular formula is C26H17ClFN3O3. The van der Waals surface area contributed by atoms with E-state index < -0.39 is 23.7 Å². The fourth-order valence-electron chi connectivity index (χ4n) is 3.92. The molecule has 0 saturated carbocycles. The summed E-state index contributed by atoms with van der Waals surface area (Å²) >= 11 is 6.34. The summed E-state index contributed by atoms with van der Waals surface area (Å²) in [6.07, 6.45) is 2.83. The zero-order chi connectivity index (χ0) is 23.7. The van der Waals surface area contributed by atoms with Crippen molar-refractivity contribution < 1.29 is 18.7 Å². The van der Waals surface area contributed by atoms with Crippen LogP contribution in [0.2, 0.25) is 5.15 Å². The molecule has 1 atom stereocenters. The van der Waals surface area contributed by atoms with Crippen LogP contribution >= 0.6 is 11.6 Å². The number of halogens is 2. The maximum absolute atomic E-state index is 14.6. The van der Waals surface area contributed by atoms with Crippen molar-refractivity contribution in [2.45, 2.75) is 12.6 Å². The van der Waals surface area contributed by atoms with Crippen molar-refractivity contribution in [2.24, 2.45) is 0 Å². The van der Waals surface area contributed by atoms with Gasteiger partial charge in [0.2, 0.25) is 0 Å². The summed E-state index contributed by atoms with van der Waals surface area (Å²) in [5, 5.41) is 0.0279. The Hall–Kier alpha value is -4.10. The van der Waals surface area contributed by atoms with E-state index in [1.807, 2.05) is 30.3 Å². The van der Waals surface area contributed by atoms with Crippen molar-refractivity contribution >= 4 is 23.4 Å². The van der Waals surface area contributed by atoms with E-state index in [9.17, 15) is 14.0 Å². The van der Waals surface area contributed by atoms with E-state index >= 15 is 0 Å². The van der Waals surface area contributed by atoms with Gasteiger partial charge < -0.3 is 4.74 Å². The van der Waals surface area contributed by atoms with Crippen LogP contribution in [0, 0.1) is 5.82 Å². The van der Waals surface area contributed by atoms with E-state index in [-0.39, 0.29) is 34.3 Å². The third-order valence-electron chi connectivity index (χ3n) is 5.53. The molecule has 2 heterocycles. The number of carbonyl (C=O) groups excluding carboxylic acids is 2. The fraction of sp³-hybridized carbons (Fsp3) is 0.0769. The SMILES string of the molecule is O=C1c2ccccc2C(=O)N1C(c1ccc(F)c(OCc2ccccc2)c1)c1nccnc1Cl. The van der Waals surface area contributed by atoms with E-state index in [0.717, 1.165) is 10.5 Å². The van der Waals surface area contributed by atoms with Crippen LogP contribution in [0.3, 0.4) is 0 Å².